The van der Waals surface area contributed by atoms with E-state index in [4.69, 9.17) is 4.74 Å². The van der Waals surface area contributed by atoms with E-state index in [1.54, 1.807) is 0 Å². The lowest BCUT2D eigenvalue weighted by molar-refractivity contribution is 0.256. The van der Waals surface area contributed by atoms with Crippen molar-refractivity contribution in [2.75, 3.05) is 19.7 Å². The molecule has 0 aromatic heterocycles. The van der Waals surface area contributed by atoms with Crippen LogP contribution in [0.1, 0.15) is 20.3 Å². The van der Waals surface area contributed by atoms with Gasteiger partial charge in [-0.15, -0.1) is 0 Å². The first-order valence-corrected chi connectivity index (χ1v) is 8.01. The van der Waals surface area contributed by atoms with E-state index in [0.29, 0.717) is 5.92 Å². The van der Waals surface area contributed by atoms with Gasteiger partial charge in [0.05, 0.1) is 6.61 Å². The van der Waals surface area contributed by atoms with E-state index in [1.165, 1.54) is 17.2 Å². The van der Waals surface area contributed by atoms with Gasteiger partial charge in [0, 0.05) is 16.9 Å². The smallest absolute Gasteiger partial charge is 0.119 e. The molecule has 0 spiro atoms. The summed E-state index contributed by atoms with van der Waals surface area (Å²) in [7, 11) is 0. The highest BCUT2D eigenvalue weighted by Crippen LogP contribution is 2.24. The highest BCUT2D eigenvalue weighted by molar-refractivity contribution is 9.10. The minimum Gasteiger partial charge on any atom is -0.493 e. The van der Waals surface area contributed by atoms with Crippen LogP contribution in [0.4, 0.5) is 0 Å². The summed E-state index contributed by atoms with van der Waals surface area (Å²) >= 11 is 3.49. The second-order valence-electron chi connectivity index (χ2n) is 5.27. The number of fused-ring (bicyclic) bond motifs is 1. The van der Waals surface area contributed by atoms with E-state index in [9.17, 15) is 0 Å². The quantitative estimate of drug-likeness (QED) is 0.745. The lowest BCUT2D eigenvalue weighted by atomic mass is 10.1. The van der Waals surface area contributed by atoms with E-state index >= 15 is 0 Å². The summed E-state index contributed by atoms with van der Waals surface area (Å²) in [4.78, 5) is 0. The Morgan fingerprint density at radius 2 is 1.90 bits per heavy atom. The molecule has 0 saturated heterocycles. The maximum absolute atomic E-state index is 5.89. The second kappa shape index (κ2) is 7.65. The van der Waals surface area contributed by atoms with Crippen LogP contribution < -0.4 is 10.1 Å². The van der Waals surface area contributed by atoms with Crippen molar-refractivity contribution in [2.45, 2.75) is 20.3 Å². The molecule has 1 atom stereocenters. The molecule has 0 heterocycles. The molecule has 0 saturated carbocycles. The normalized spacial score (nSPS) is 12.6. The predicted molar refractivity (Wildman–Crippen MR) is 89.5 cm³/mol. The maximum atomic E-state index is 5.89. The Bertz CT molecular complexity index is 556. The summed E-state index contributed by atoms with van der Waals surface area (Å²) in [6.07, 6.45) is 1.17. The molecule has 1 unspecified atom stereocenters. The zero-order valence-electron chi connectivity index (χ0n) is 12.2. The Morgan fingerprint density at radius 1 is 1.15 bits per heavy atom. The van der Waals surface area contributed by atoms with Gasteiger partial charge in [0.2, 0.25) is 0 Å². The van der Waals surface area contributed by atoms with Crippen LogP contribution in [0.15, 0.2) is 40.9 Å². The molecular weight excluding hydrogens is 314 g/mol. The molecule has 0 amide bonds. The van der Waals surface area contributed by atoms with Gasteiger partial charge in [0.1, 0.15) is 5.75 Å². The molecule has 2 rings (SSSR count). The lowest BCUT2D eigenvalue weighted by Crippen LogP contribution is -2.25. The van der Waals surface area contributed by atoms with Gasteiger partial charge in [-0.25, -0.2) is 0 Å². The van der Waals surface area contributed by atoms with Crippen molar-refractivity contribution in [1.29, 1.82) is 0 Å². The summed E-state index contributed by atoms with van der Waals surface area (Å²) in [6.45, 7) is 7.23. The van der Waals surface area contributed by atoms with Crippen LogP contribution in [0.5, 0.6) is 5.75 Å². The third kappa shape index (κ3) is 4.50. The Morgan fingerprint density at radius 3 is 2.70 bits per heavy atom. The van der Waals surface area contributed by atoms with Crippen molar-refractivity contribution in [3.05, 3.63) is 40.9 Å². The van der Waals surface area contributed by atoms with Crippen LogP contribution in [0, 0.1) is 5.92 Å². The molecule has 2 aromatic rings. The lowest BCUT2D eigenvalue weighted by Gasteiger charge is -2.14. The molecule has 0 radical (unpaired) electrons. The molecule has 20 heavy (non-hydrogen) atoms. The number of hydrogen-bond acceptors (Lipinski definition) is 2. The monoisotopic (exact) mass is 335 g/mol. The molecule has 2 aromatic carbocycles. The van der Waals surface area contributed by atoms with E-state index in [-0.39, 0.29) is 0 Å². The number of ether oxygens (including phenoxy) is 1. The third-order valence-electron chi connectivity index (χ3n) is 3.23. The van der Waals surface area contributed by atoms with Crippen LogP contribution in [0.25, 0.3) is 10.8 Å². The van der Waals surface area contributed by atoms with Gasteiger partial charge < -0.3 is 10.1 Å². The number of rotatable bonds is 7. The summed E-state index contributed by atoms with van der Waals surface area (Å²) in [6, 6.07) is 12.5. The van der Waals surface area contributed by atoms with E-state index in [2.05, 4.69) is 65.4 Å². The second-order valence-corrected chi connectivity index (χ2v) is 6.19. The van der Waals surface area contributed by atoms with E-state index in [0.717, 1.165) is 29.9 Å². The maximum Gasteiger partial charge on any atom is 0.119 e. The van der Waals surface area contributed by atoms with Gasteiger partial charge in [0.15, 0.2) is 0 Å². The fourth-order valence-corrected chi connectivity index (χ4v) is 2.49. The van der Waals surface area contributed by atoms with Crippen LogP contribution in [-0.4, -0.2) is 19.7 Å². The van der Waals surface area contributed by atoms with Crippen molar-refractivity contribution in [3.63, 3.8) is 0 Å². The van der Waals surface area contributed by atoms with Gasteiger partial charge in [-0.3, -0.25) is 0 Å². The zero-order valence-corrected chi connectivity index (χ0v) is 13.7. The minimum absolute atomic E-state index is 0.516. The van der Waals surface area contributed by atoms with Crippen LogP contribution in [0.2, 0.25) is 0 Å². The molecule has 0 aliphatic heterocycles. The molecule has 2 nitrogen and oxygen atoms in total. The number of halogens is 1. The Balaban J connectivity index is 1.91. The molecular formula is C17H22BrNO. The average molecular weight is 336 g/mol. The van der Waals surface area contributed by atoms with Crippen LogP contribution >= 0.6 is 15.9 Å². The Labute approximate surface area is 129 Å². The van der Waals surface area contributed by atoms with Crippen molar-refractivity contribution in [3.8, 4) is 5.75 Å². The molecule has 108 valence electrons. The van der Waals surface area contributed by atoms with Crippen molar-refractivity contribution in [1.82, 2.24) is 5.32 Å². The van der Waals surface area contributed by atoms with Crippen LogP contribution in [0.3, 0.4) is 0 Å². The SMILES string of the molecule is CCCNCC(C)COc1ccc2cc(Br)ccc2c1. The first-order chi connectivity index (χ1) is 9.69. The predicted octanol–water partition coefficient (Wildman–Crippen LogP) is 4.62. The van der Waals surface area contributed by atoms with Gasteiger partial charge in [-0.05, 0) is 48.0 Å². The summed E-state index contributed by atoms with van der Waals surface area (Å²) in [5, 5.41) is 5.86. The molecule has 3 heteroatoms. The van der Waals surface area contributed by atoms with Crippen molar-refractivity contribution in [2.24, 2.45) is 5.92 Å². The van der Waals surface area contributed by atoms with Crippen molar-refractivity contribution < 1.29 is 4.74 Å². The first-order valence-electron chi connectivity index (χ1n) is 7.22. The molecule has 0 aliphatic rings. The van der Waals surface area contributed by atoms with Crippen molar-refractivity contribution >= 4 is 26.7 Å². The van der Waals surface area contributed by atoms with Gasteiger partial charge in [-0.2, -0.15) is 0 Å². The third-order valence-corrected chi connectivity index (χ3v) is 3.72. The summed E-state index contributed by atoms with van der Waals surface area (Å²) in [5.74, 6) is 1.46. The molecule has 0 fully saturated rings. The number of hydrogen-bond donors (Lipinski definition) is 1. The topological polar surface area (TPSA) is 21.3 Å². The average Bonchev–Trinajstić information content (AvgIpc) is 2.45. The highest BCUT2D eigenvalue weighted by Gasteiger charge is 2.04. The van der Waals surface area contributed by atoms with Gasteiger partial charge in [-0.1, -0.05) is 41.9 Å². The minimum atomic E-state index is 0.516. The largest absolute Gasteiger partial charge is 0.493 e. The molecule has 0 bridgehead atoms. The molecule has 1 N–H and O–H groups in total. The van der Waals surface area contributed by atoms with E-state index < -0.39 is 0 Å². The van der Waals surface area contributed by atoms with E-state index in [1.807, 2.05) is 6.07 Å². The van der Waals surface area contributed by atoms with Gasteiger partial charge in [0.25, 0.3) is 0 Å². The Kier molecular flexibility index (Phi) is 5.86. The van der Waals surface area contributed by atoms with Gasteiger partial charge >= 0.3 is 0 Å². The highest BCUT2D eigenvalue weighted by atomic mass is 79.9. The summed E-state index contributed by atoms with van der Waals surface area (Å²) < 4.78 is 6.99. The summed E-state index contributed by atoms with van der Waals surface area (Å²) in [5.41, 5.74) is 0. The Hall–Kier alpha value is -1.06. The first kappa shape index (κ1) is 15.3. The number of benzene rings is 2. The zero-order chi connectivity index (χ0) is 14.4. The number of nitrogens with one attached hydrogen (secondary N) is 1. The molecule has 0 aliphatic carbocycles. The fourth-order valence-electron chi connectivity index (χ4n) is 2.11. The fraction of sp³-hybridized carbons (Fsp3) is 0.412. The standard InChI is InChI=1S/C17H22BrNO/c1-3-8-19-11-13(2)12-20-17-7-5-14-9-16(18)6-4-15(14)10-17/h4-7,9-10,13,19H,3,8,11-12H2,1-2H3. The van der Waals surface area contributed by atoms with Crippen LogP contribution in [-0.2, 0) is 0 Å².